The molecule has 2 rings (SSSR count). The lowest BCUT2D eigenvalue weighted by molar-refractivity contribution is 0.620. The molecule has 16 heavy (non-hydrogen) atoms. The Balaban J connectivity index is 0.000000606. The minimum Gasteiger partial charge on any atom is -0.275 e. The average molecular weight is 221 g/mol. The van der Waals surface area contributed by atoms with Gasteiger partial charge >= 0.3 is 0 Å². The van der Waals surface area contributed by atoms with E-state index in [2.05, 4.69) is 10.1 Å². The summed E-state index contributed by atoms with van der Waals surface area (Å²) in [5.41, 5.74) is 2.50. The Morgan fingerprint density at radius 1 is 1.25 bits per heavy atom. The van der Waals surface area contributed by atoms with Crippen molar-refractivity contribution in [3.8, 4) is 11.3 Å². The maximum absolute atomic E-state index is 12.8. The molecular formula is C12H16FN3. The van der Waals surface area contributed by atoms with Crippen LogP contribution in [0.4, 0.5) is 4.39 Å². The van der Waals surface area contributed by atoms with E-state index in [1.807, 2.05) is 34.0 Å². The summed E-state index contributed by atoms with van der Waals surface area (Å²) in [5, 5.41) is 4.04. The lowest BCUT2D eigenvalue weighted by Crippen LogP contribution is -1.89. The summed E-state index contributed by atoms with van der Waals surface area (Å²) in [6.07, 6.45) is 4.79. The van der Waals surface area contributed by atoms with E-state index in [1.54, 1.807) is 10.9 Å². The first-order valence-electron chi connectivity index (χ1n) is 5.28. The van der Waals surface area contributed by atoms with E-state index in [4.69, 9.17) is 0 Å². The third-order valence-corrected chi connectivity index (χ3v) is 2.02. The summed E-state index contributed by atoms with van der Waals surface area (Å²) in [7, 11) is 1.84. The minimum atomic E-state index is -0.310. The van der Waals surface area contributed by atoms with Crippen LogP contribution in [0.5, 0.6) is 0 Å². The van der Waals surface area contributed by atoms with Gasteiger partial charge in [-0.3, -0.25) is 9.67 Å². The van der Waals surface area contributed by atoms with Crippen molar-refractivity contribution in [3.05, 3.63) is 36.0 Å². The molecule has 2 heterocycles. The third-order valence-electron chi connectivity index (χ3n) is 2.02. The van der Waals surface area contributed by atoms with E-state index < -0.39 is 0 Å². The Hall–Kier alpha value is -1.71. The zero-order chi connectivity index (χ0) is 12.1. The van der Waals surface area contributed by atoms with Crippen molar-refractivity contribution in [2.45, 2.75) is 20.8 Å². The first-order valence-corrected chi connectivity index (χ1v) is 5.28. The fourth-order valence-corrected chi connectivity index (χ4v) is 1.39. The average Bonchev–Trinajstić information content (AvgIpc) is 2.68. The molecule has 0 saturated carbocycles. The lowest BCUT2D eigenvalue weighted by atomic mass is 10.1. The topological polar surface area (TPSA) is 30.7 Å². The van der Waals surface area contributed by atoms with Crippen LogP contribution < -0.4 is 0 Å². The van der Waals surface area contributed by atoms with Crippen molar-refractivity contribution in [2.75, 3.05) is 0 Å². The van der Waals surface area contributed by atoms with Crippen LogP contribution in [-0.4, -0.2) is 14.8 Å². The Morgan fingerprint density at radius 3 is 2.44 bits per heavy atom. The molecule has 2 aromatic heterocycles. The van der Waals surface area contributed by atoms with Crippen LogP contribution in [0.2, 0.25) is 0 Å². The van der Waals surface area contributed by atoms with Crippen LogP contribution in [0.25, 0.3) is 11.3 Å². The fraction of sp³-hybridized carbons (Fsp3) is 0.333. The molecule has 0 atom stereocenters. The molecule has 0 fully saturated rings. The van der Waals surface area contributed by atoms with Gasteiger partial charge in [-0.05, 0) is 18.6 Å². The third kappa shape index (κ3) is 2.66. The van der Waals surface area contributed by atoms with Gasteiger partial charge in [0.1, 0.15) is 5.82 Å². The van der Waals surface area contributed by atoms with Gasteiger partial charge in [-0.2, -0.15) is 5.10 Å². The highest BCUT2D eigenvalue weighted by molar-refractivity contribution is 5.60. The van der Waals surface area contributed by atoms with Crippen LogP contribution in [-0.2, 0) is 7.05 Å². The zero-order valence-corrected chi connectivity index (χ0v) is 10.0. The molecule has 0 saturated heterocycles. The molecule has 86 valence electrons. The molecule has 0 unspecified atom stereocenters. The number of halogens is 1. The van der Waals surface area contributed by atoms with E-state index in [0.29, 0.717) is 0 Å². The number of aromatic nitrogens is 3. The van der Waals surface area contributed by atoms with E-state index in [1.165, 1.54) is 12.3 Å². The number of aryl methyl sites for hydroxylation is 2. The zero-order valence-electron chi connectivity index (χ0n) is 10.0. The van der Waals surface area contributed by atoms with Gasteiger partial charge in [0, 0.05) is 18.8 Å². The molecule has 0 spiro atoms. The summed E-state index contributed by atoms with van der Waals surface area (Å²) in [4.78, 5) is 4.03. The maximum Gasteiger partial charge on any atom is 0.141 e. The molecule has 0 aromatic carbocycles. The standard InChI is InChI=1S/C10H10FN3.C2H6/c1-7-3-9(11)5-12-10(7)8-4-13-14(2)6-8;1-2/h3-6H,1-2H3;1-2H3. The summed E-state index contributed by atoms with van der Waals surface area (Å²) in [6.45, 7) is 5.83. The molecule has 2 aromatic rings. The van der Waals surface area contributed by atoms with Crippen molar-refractivity contribution in [2.24, 2.45) is 7.05 Å². The number of hydrogen-bond donors (Lipinski definition) is 0. The van der Waals surface area contributed by atoms with Gasteiger partial charge in [-0.1, -0.05) is 13.8 Å². The molecule has 0 aliphatic rings. The molecular weight excluding hydrogens is 205 g/mol. The smallest absolute Gasteiger partial charge is 0.141 e. The van der Waals surface area contributed by atoms with Crippen LogP contribution in [0.3, 0.4) is 0 Å². The van der Waals surface area contributed by atoms with Crippen LogP contribution in [0.15, 0.2) is 24.7 Å². The summed E-state index contributed by atoms with van der Waals surface area (Å²) in [6, 6.07) is 1.47. The van der Waals surface area contributed by atoms with Gasteiger partial charge in [-0.25, -0.2) is 4.39 Å². The van der Waals surface area contributed by atoms with Gasteiger partial charge < -0.3 is 0 Å². The van der Waals surface area contributed by atoms with Crippen molar-refractivity contribution < 1.29 is 4.39 Å². The van der Waals surface area contributed by atoms with Crippen LogP contribution >= 0.6 is 0 Å². The molecule has 3 nitrogen and oxygen atoms in total. The van der Waals surface area contributed by atoms with E-state index in [-0.39, 0.29) is 5.82 Å². The normalized spacial score (nSPS) is 9.56. The molecule has 4 heteroatoms. The molecule has 0 aliphatic carbocycles. The molecule has 0 radical (unpaired) electrons. The van der Waals surface area contributed by atoms with Crippen molar-refractivity contribution >= 4 is 0 Å². The second-order valence-electron chi connectivity index (χ2n) is 3.22. The van der Waals surface area contributed by atoms with E-state index in [9.17, 15) is 4.39 Å². The minimum absolute atomic E-state index is 0.310. The quantitative estimate of drug-likeness (QED) is 0.741. The first kappa shape index (κ1) is 12.4. The molecule has 0 bridgehead atoms. The Kier molecular flexibility index (Phi) is 4.17. The highest BCUT2D eigenvalue weighted by Crippen LogP contribution is 2.19. The fourth-order valence-electron chi connectivity index (χ4n) is 1.39. The summed E-state index contributed by atoms with van der Waals surface area (Å²) >= 11 is 0. The molecule has 0 N–H and O–H groups in total. The van der Waals surface area contributed by atoms with Crippen LogP contribution in [0.1, 0.15) is 19.4 Å². The Labute approximate surface area is 94.9 Å². The SMILES string of the molecule is CC.Cc1cc(F)cnc1-c1cnn(C)c1. The van der Waals surface area contributed by atoms with Crippen molar-refractivity contribution in [1.82, 2.24) is 14.8 Å². The highest BCUT2D eigenvalue weighted by Gasteiger charge is 2.06. The number of nitrogens with zero attached hydrogens (tertiary/aromatic N) is 3. The van der Waals surface area contributed by atoms with E-state index >= 15 is 0 Å². The molecule has 0 amide bonds. The van der Waals surface area contributed by atoms with Gasteiger partial charge in [0.2, 0.25) is 0 Å². The number of hydrogen-bond acceptors (Lipinski definition) is 2. The summed E-state index contributed by atoms with van der Waals surface area (Å²) < 4.78 is 14.5. The van der Waals surface area contributed by atoms with Crippen molar-refractivity contribution in [1.29, 1.82) is 0 Å². The van der Waals surface area contributed by atoms with E-state index in [0.717, 1.165) is 16.8 Å². The number of rotatable bonds is 1. The first-order chi connectivity index (χ1) is 7.66. The van der Waals surface area contributed by atoms with Gasteiger partial charge in [0.25, 0.3) is 0 Å². The predicted octanol–water partition coefficient (Wildman–Crippen LogP) is 2.96. The Morgan fingerprint density at radius 2 is 1.94 bits per heavy atom. The Bertz CT molecular complexity index is 463. The summed E-state index contributed by atoms with van der Waals surface area (Å²) in [5.74, 6) is -0.310. The maximum atomic E-state index is 12.8. The van der Waals surface area contributed by atoms with Crippen LogP contribution in [0, 0.1) is 12.7 Å². The van der Waals surface area contributed by atoms with Gasteiger partial charge in [0.05, 0.1) is 18.1 Å². The predicted molar refractivity (Wildman–Crippen MR) is 62.5 cm³/mol. The lowest BCUT2D eigenvalue weighted by Gasteiger charge is -2.00. The highest BCUT2D eigenvalue weighted by atomic mass is 19.1. The van der Waals surface area contributed by atoms with Crippen molar-refractivity contribution in [3.63, 3.8) is 0 Å². The van der Waals surface area contributed by atoms with Gasteiger partial charge in [0.15, 0.2) is 0 Å². The molecule has 0 aliphatic heterocycles. The largest absolute Gasteiger partial charge is 0.275 e. The monoisotopic (exact) mass is 221 g/mol. The second kappa shape index (κ2) is 5.39. The number of pyridine rings is 1. The van der Waals surface area contributed by atoms with Gasteiger partial charge in [-0.15, -0.1) is 0 Å². The second-order valence-corrected chi connectivity index (χ2v) is 3.22.